The molecule has 0 aliphatic rings. The Hall–Kier alpha value is -1.26. The van der Waals surface area contributed by atoms with Crippen LogP contribution in [0.15, 0.2) is 18.2 Å². The quantitative estimate of drug-likeness (QED) is 0.770. The molecule has 4 nitrogen and oxygen atoms in total. The van der Waals surface area contributed by atoms with Crippen molar-refractivity contribution in [3.8, 4) is 0 Å². The molecular weight excluding hydrogens is 252 g/mol. The number of hydrogen-bond donors (Lipinski definition) is 3. The summed E-state index contributed by atoms with van der Waals surface area (Å²) in [4.78, 5) is 11.5. The highest BCUT2D eigenvalue weighted by Gasteiger charge is 2.06. The van der Waals surface area contributed by atoms with Crippen LogP contribution in [0.25, 0.3) is 0 Å². The van der Waals surface area contributed by atoms with Crippen molar-refractivity contribution in [2.75, 3.05) is 11.9 Å². The molecule has 1 unspecified atom stereocenters. The average Bonchev–Trinajstić information content (AvgIpc) is 2.32. The smallest absolute Gasteiger partial charge is 0.319 e. The standard InChI is InChI=1S/C13H19ClN2O2/c1-3-4-11(17)8-15-13(18)16-10-6-5-9(2)12(14)7-10/h5-7,11,17H,3-4,8H2,1-2H3,(H2,15,16,18). The zero-order valence-electron chi connectivity index (χ0n) is 10.7. The van der Waals surface area contributed by atoms with Gasteiger partial charge < -0.3 is 15.7 Å². The number of halogens is 1. The molecule has 5 heteroatoms. The average molecular weight is 271 g/mol. The summed E-state index contributed by atoms with van der Waals surface area (Å²) in [7, 11) is 0. The minimum Gasteiger partial charge on any atom is -0.391 e. The molecule has 0 bridgehead atoms. The van der Waals surface area contributed by atoms with Crippen molar-refractivity contribution in [2.45, 2.75) is 32.8 Å². The number of amides is 2. The molecule has 0 aromatic heterocycles. The van der Waals surface area contributed by atoms with Gasteiger partial charge in [0.2, 0.25) is 0 Å². The number of anilines is 1. The van der Waals surface area contributed by atoms with Gasteiger partial charge in [0.25, 0.3) is 0 Å². The Morgan fingerprint density at radius 3 is 2.83 bits per heavy atom. The third-order valence-electron chi connectivity index (χ3n) is 2.55. The first-order valence-corrected chi connectivity index (χ1v) is 6.39. The number of hydrogen-bond acceptors (Lipinski definition) is 2. The van der Waals surface area contributed by atoms with Crippen LogP contribution in [0.1, 0.15) is 25.3 Å². The second-order valence-corrected chi connectivity index (χ2v) is 4.65. The lowest BCUT2D eigenvalue weighted by atomic mass is 10.2. The summed E-state index contributed by atoms with van der Waals surface area (Å²) in [6.07, 6.45) is 1.07. The fraction of sp³-hybridized carbons (Fsp3) is 0.462. The van der Waals surface area contributed by atoms with E-state index in [1.54, 1.807) is 12.1 Å². The monoisotopic (exact) mass is 270 g/mol. The van der Waals surface area contributed by atoms with E-state index in [1.807, 2.05) is 19.9 Å². The predicted molar refractivity (Wildman–Crippen MR) is 74.1 cm³/mol. The Morgan fingerprint density at radius 2 is 2.22 bits per heavy atom. The lowest BCUT2D eigenvalue weighted by Gasteiger charge is -2.12. The van der Waals surface area contributed by atoms with Gasteiger partial charge in [-0.2, -0.15) is 0 Å². The molecule has 0 saturated heterocycles. The fourth-order valence-corrected chi connectivity index (χ4v) is 1.67. The number of urea groups is 1. The minimum atomic E-state index is -0.498. The summed E-state index contributed by atoms with van der Waals surface area (Å²) in [5.74, 6) is 0. The van der Waals surface area contributed by atoms with E-state index in [1.165, 1.54) is 0 Å². The van der Waals surface area contributed by atoms with E-state index < -0.39 is 6.10 Å². The van der Waals surface area contributed by atoms with Gasteiger partial charge in [-0.1, -0.05) is 31.0 Å². The maximum absolute atomic E-state index is 11.5. The van der Waals surface area contributed by atoms with Gasteiger partial charge in [0.1, 0.15) is 0 Å². The largest absolute Gasteiger partial charge is 0.391 e. The van der Waals surface area contributed by atoms with E-state index >= 15 is 0 Å². The molecule has 3 N–H and O–H groups in total. The van der Waals surface area contributed by atoms with Crippen LogP contribution < -0.4 is 10.6 Å². The number of rotatable bonds is 5. The van der Waals surface area contributed by atoms with Crippen molar-refractivity contribution in [3.63, 3.8) is 0 Å². The minimum absolute atomic E-state index is 0.249. The topological polar surface area (TPSA) is 61.4 Å². The molecule has 1 rings (SSSR count). The van der Waals surface area contributed by atoms with Crippen LogP contribution in [-0.4, -0.2) is 23.8 Å². The van der Waals surface area contributed by atoms with Crippen molar-refractivity contribution in [1.29, 1.82) is 0 Å². The van der Waals surface area contributed by atoms with Crippen molar-refractivity contribution in [1.82, 2.24) is 5.32 Å². The number of nitrogens with one attached hydrogen (secondary N) is 2. The number of carbonyl (C=O) groups is 1. The first-order valence-electron chi connectivity index (χ1n) is 6.02. The van der Waals surface area contributed by atoms with Crippen LogP contribution in [0.5, 0.6) is 0 Å². The number of carbonyl (C=O) groups excluding carboxylic acids is 1. The molecule has 0 spiro atoms. The highest BCUT2D eigenvalue weighted by atomic mass is 35.5. The lowest BCUT2D eigenvalue weighted by Crippen LogP contribution is -2.35. The third kappa shape index (κ3) is 4.94. The number of aliphatic hydroxyl groups is 1. The SMILES string of the molecule is CCCC(O)CNC(=O)Nc1ccc(C)c(Cl)c1. The normalized spacial score (nSPS) is 12.0. The lowest BCUT2D eigenvalue weighted by molar-refractivity contribution is 0.162. The zero-order valence-corrected chi connectivity index (χ0v) is 11.4. The van der Waals surface area contributed by atoms with E-state index in [4.69, 9.17) is 11.6 Å². The molecule has 0 saturated carbocycles. The molecule has 2 amide bonds. The van der Waals surface area contributed by atoms with Crippen molar-refractivity contribution in [2.24, 2.45) is 0 Å². The summed E-state index contributed by atoms with van der Waals surface area (Å²) in [5, 5.41) is 15.4. The van der Waals surface area contributed by atoms with Gasteiger partial charge >= 0.3 is 6.03 Å². The maximum atomic E-state index is 11.5. The van der Waals surface area contributed by atoms with Gasteiger partial charge in [-0.05, 0) is 31.0 Å². The van der Waals surface area contributed by atoms with E-state index in [2.05, 4.69) is 10.6 Å². The van der Waals surface area contributed by atoms with Crippen molar-refractivity contribution in [3.05, 3.63) is 28.8 Å². The van der Waals surface area contributed by atoms with Crippen LogP contribution in [0.4, 0.5) is 10.5 Å². The Bertz CT molecular complexity index is 410. The highest BCUT2D eigenvalue weighted by molar-refractivity contribution is 6.31. The molecule has 0 fully saturated rings. The van der Waals surface area contributed by atoms with E-state index in [0.29, 0.717) is 17.1 Å². The molecule has 0 heterocycles. The number of aliphatic hydroxyl groups excluding tert-OH is 1. The number of benzene rings is 1. The summed E-state index contributed by atoms with van der Waals surface area (Å²) in [6, 6.07) is 4.97. The Morgan fingerprint density at radius 1 is 1.50 bits per heavy atom. The molecule has 0 radical (unpaired) electrons. The summed E-state index contributed by atoms with van der Waals surface area (Å²) >= 11 is 5.95. The molecule has 1 aromatic carbocycles. The van der Waals surface area contributed by atoms with Crippen molar-refractivity contribution < 1.29 is 9.90 Å². The van der Waals surface area contributed by atoms with E-state index in [0.717, 1.165) is 12.0 Å². The van der Waals surface area contributed by atoms with Gasteiger partial charge in [-0.15, -0.1) is 0 Å². The van der Waals surface area contributed by atoms with Crippen LogP contribution in [-0.2, 0) is 0 Å². The van der Waals surface area contributed by atoms with E-state index in [-0.39, 0.29) is 12.6 Å². The second-order valence-electron chi connectivity index (χ2n) is 4.24. The number of aryl methyl sites for hydroxylation is 1. The summed E-state index contributed by atoms with van der Waals surface area (Å²) < 4.78 is 0. The fourth-order valence-electron chi connectivity index (χ4n) is 1.49. The maximum Gasteiger partial charge on any atom is 0.319 e. The van der Waals surface area contributed by atoms with Gasteiger partial charge in [0.15, 0.2) is 0 Å². The molecule has 18 heavy (non-hydrogen) atoms. The predicted octanol–water partition coefficient (Wildman–Crippen LogP) is 2.93. The first kappa shape index (κ1) is 14.8. The summed E-state index contributed by atoms with van der Waals surface area (Å²) in [6.45, 7) is 4.13. The second kappa shape index (κ2) is 7.24. The summed E-state index contributed by atoms with van der Waals surface area (Å²) in [5.41, 5.74) is 1.59. The first-order chi connectivity index (χ1) is 8.52. The Kier molecular flexibility index (Phi) is 5.95. The van der Waals surface area contributed by atoms with Crippen LogP contribution in [0, 0.1) is 6.92 Å². The van der Waals surface area contributed by atoms with Crippen molar-refractivity contribution >= 4 is 23.3 Å². The molecule has 0 aliphatic carbocycles. The molecule has 100 valence electrons. The Balaban J connectivity index is 2.42. The van der Waals surface area contributed by atoms with Gasteiger partial charge in [-0.3, -0.25) is 0 Å². The molecule has 1 atom stereocenters. The van der Waals surface area contributed by atoms with Crippen LogP contribution in [0.3, 0.4) is 0 Å². The van der Waals surface area contributed by atoms with Gasteiger partial charge in [-0.25, -0.2) is 4.79 Å². The molecular formula is C13H19ClN2O2. The Labute approximate surface area is 112 Å². The molecule has 1 aromatic rings. The third-order valence-corrected chi connectivity index (χ3v) is 2.96. The molecule has 0 aliphatic heterocycles. The van der Waals surface area contributed by atoms with Gasteiger partial charge in [0.05, 0.1) is 6.10 Å². The van der Waals surface area contributed by atoms with Crippen LogP contribution in [0.2, 0.25) is 5.02 Å². The van der Waals surface area contributed by atoms with Gasteiger partial charge in [0, 0.05) is 17.3 Å². The zero-order chi connectivity index (χ0) is 13.5. The van der Waals surface area contributed by atoms with E-state index in [9.17, 15) is 9.90 Å². The van der Waals surface area contributed by atoms with Crippen LogP contribution >= 0.6 is 11.6 Å². The highest BCUT2D eigenvalue weighted by Crippen LogP contribution is 2.19.